The fraction of sp³-hybridized carbons (Fsp3) is 0. The van der Waals surface area contributed by atoms with Crippen LogP contribution in [0.1, 0.15) is 5.76 Å². The first-order chi connectivity index (χ1) is 13.4. The highest BCUT2D eigenvalue weighted by molar-refractivity contribution is 7.80. The lowest BCUT2D eigenvalue weighted by atomic mass is 10.2. The van der Waals surface area contributed by atoms with Gasteiger partial charge in [-0.3, -0.25) is 10.1 Å². The molecule has 0 unspecified atom stereocenters. The average Bonchev–Trinajstić information content (AvgIpc) is 3.12. The Labute approximate surface area is 182 Å². The second-order valence-electron chi connectivity index (χ2n) is 5.61. The van der Waals surface area contributed by atoms with Crippen molar-refractivity contribution in [3.63, 3.8) is 0 Å². The number of thiocarbonyl (C=S) groups is 1. The Morgan fingerprint density at radius 3 is 2.39 bits per heavy atom. The highest BCUT2D eigenvalue weighted by atomic mass is 35.5. The van der Waals surface area contributed by atoms with E-state index in [-0.39, 0.29) is 5.11 Å². The predicted molar refractivity (Wildman–Crippen MR) is 119 cm³/mol. The third-order valence-electron chi connectivity index (χ3n) is 3.57. The van der Waals surface area contributed by atoms with Crippen LogP contribution in [0.2, 0.25) is 15.1 Å². The minimum Gasteiger partial charge on any atom is -0.457 e. The molecular formula is C20H13Cl3N2O2S. The maximum atomic E-state index is 12.0. The minimum atomic E-state index is -0.410. The van der Waals surface area contributed by atoms with Crippen LogP contribution in [0.25, 0.3) is 17.4 Å². The van der Waals surface area contributed by atoms with Gasteiger partial charge in [0.15, 0.2) is 5.11 Å². The molecular weight excluding hydrogens is 439 g/mol. The van der Waals surface area contributed by atoms with Gasteiger partial charge < -0.3 is 9.73 Å². The SMILES string of the molecule is O=C(C=Cc1ccc(-c2ccc(Cl)cc2)o1)NC(=S)Nc1ccc(Cl)cc1Cl. The quantitative estimate of drug-likeness (QED) is 0.354. The number of halogens is 3. The maximum absolute atomic E-state index is 12.0. The van der Waals surface area contributed by atoms with Gasteiger partial charge in [-0.1, -0.05) is 34.8 Å². The van der Waals surface area contributed by atoms with Crippen LogP contribution in [0.3, 0.4) is 0 Å². The summed E-state index contributed by atoms with van der Waals surface area (Å²) in [5.41, 5.74) is 1.43. The molecule has 28 heavy (non-hydrogen) atoms. The van der Waals surface area contributed by atoms with E-state index in [9.17, 15) is 4.79 Å². The molecule has 0 fully saturated rings. The van der Waals surface area contributed by atoms with Crippen LogP contribution in [0.5, 0.6) is 0 Å². The number of anilines is 1. The number of hydrogen-bond acceptors (Lipinski definition) is 3. The van der Waals surface area contributed by atoms with E-state index in [0.29, 0.717) is 32.3 Å². The smallest absolute Gasteiger partial charge is 0.250 e. The Hall–Kier alpha value is -2.31. The summed E-state index contributed by atoms with van der Waals surface area (Å²) in [5, 5.41) is 7.03. The molecule has 0 radical (unpaired) electrons. The highest BCUT2D eigenvalue weighted by Gasteiger charge is 2.07. The van der Waals surface area contributed by atoms with Crippen LogP contribution in [-0.2, 0) is 4.79 Å². The number of rotatable bonds is 4. The van der Waals surface area contributed by atoms with Gasteiger partial charge in [0.25, 0.3) is 0 Å². The first-order valence-corrected chi connectivity index (χ1v) is 9.56. The molecule has 4 nitrogen and oxygen atoms in total. The third-order valence-corrected chi connectivity index (χ3v) is 4.57. The first kappa shape index (κ1) is 20.4. The van der Waals surface area contributed by atoms with Crippen molar-refractivity contribution in [2.24, 2.45) is 0 Å². The zero-order valence-electron chi connectivity index (χ0n) is 14.2. The predicted octanol–water partition coefficient (Wildman–Crippen LogP) is 6.43. The highest BCUT2D eigenvalue weighted by Crippen LogP contribution is 2.25. The second-order valence-corrected chi connectivity index (χ2v) is 7.30. The van der Waals surface area contributed by atoms with E-state index in [1.54, 1.807) is 42.5 Å². The fourth-order valence-electron chi connectivity index (χ4n) is 2.27. The van der Waals surface area contributed by atoms with Gasteiger partial charge in [0, 0.05) is 21.7 Å². The van der Waals surface area contributed by atoms with E-state index < -0.39 is 5.91 Å². The lowest BCUT2D eigenvalue weighted by Crippen LogP contribution is -2.32. The number of furan rings is 1. The zero-order chi connectivity index (χ0) is 20.1. The standard InChI is InChI=1S/C20H13Cl3N2O2S/c21-13-3-1-12(2-4-13)18-9-6-15(27-18)7-10-19(26)25-20(28)24-17-8-5-14(22)11-16(17)23/h1-11H,(H2,24,25,26,28). The minimum absolute atomic E-state index is 0.111. The van der Waals surface area contributed by atoms with Crippen LogP contribution < -0.4 is 10.6 Å². The topological polar surface area (TPSA) is 54.3 Å². The number of nitrogens with one attached hydrogen (secondary N) is 2. The van der Waals surface area contributed by atoms with Crippen LogP contribution in [-0.4, -0.2) is 11.0 Å². The second kappa shape index (κ2) is 9.26. The molecule has 1 aromatic heterocycles. The van der Waals surface area contributed by atoms with E-state index >= 15 is 0 Å². The van der Waals surface area contributed by atoms with Crippen molar-refractivity contribution < 1.29 is 9.21 Å². The van der Waals surface area contributed by atoms with Crippen LogP contribution in [0.4, 0.5) is 5.69 Å². The molecule has 1 amide bonds. The Kier molecular flexibility index (Phi) is 6.75. The Bertz CT molecular complexity index is 1050. The van der Waals surface area contributed by atoms with Crippen LogP contribution in [0, 0.1) is 0 Å². The van der Waals surface area contributed by atoms with Gasteiger partial charge in [0.2, 0.25) is 5.91 Å². The average molecular weight is 452 g/mol. The third kappa shape index (κ3) is 5.59. The molecule has 1 heterocycles. The Morgan fingerprint density at radius 2 is 1.68 bits per heavy atom. The number of carbonyl (C=O) groups excluding carboxylic acids is 1. The fourth-order valence-corrected chi connectivity index (χ4v) is 3.06. The van der Waals surface area contributed by atoms with Crippen molar-refractivity contribution in [3.05, 3.63) is 81.5 Å². The van der Waals surface area contributed by atoms with Crippen molar-refractivity contribution in [2.75, 3.05) is 5.32 Å². The molecule has 0 saturated carbocycles. The molecule has 0 aliphatic rings. The van der Waals surface area contributed by atoms with E-state index in [1.165, 1.54) is 6.08 Å². The molecule has 0 bridgehead atoms. The molecule has 142 valence electrons. The van der Waals surface area contributed by atoms with E-state index in [1.807, 2.05) is 18.2 Å². The summed E-state index contributed by atoms with van der Waals surface area (Å²) in [6, 6.07) is 15.8. The van der Waals surface area contributed by atoms with Crippen molar-refractivity contribution in [1.29, 1.82) is 0 Å². The van der Waals surface area contributed by atoms with Crippen molar-refractivity contribution in [2.45, 2.75) is 0 Å². The lowest BCUT2D eigenvalue weighted by molar-refractivity contribution is -0.115. The van der Waals surface area contributed by atoms with Gasteiger partial charge >= 0.3 is 0 Å². The number of benzene rings is 2. The molecule has 0 spiro atoms. The molecule has 3 aromatic rings. The summed E-state index contributed by atoms with van der Waals surface area (Å²) in [5.74, 6) is 0.790. The lowest BCUT2D eigenvalue weighted by Gasteiger charge is -2.09. The summed E-state index contributed by atoms with van der Waals surface area (Å²) in [6.07, 6.45) is 2.87. The molecule has 3 rings (SSSR count). The largest absolute Gasteiger partial charge is 0.457 e. The monoisotopic (exact) mass is 450 g/mol. The summed E-state index contributed by atoms with van der Waals surface area (Å²) < 4.78 is 5.70. The van der Waals surface area contributed by atoms with Crippen molar-refractivity contribution in [3.8, 4) is 11.3 Å². The molecule has 8 heteroatoms. The molecule has 0 saturated heterocycles. The van der Waals surface area contributed by atoms with Crippen molar-refractivity contribution in [1.82, 2.24) is 5.32 Å². The first-order valence-electron chi connectivity index (χ1n) is 8.01. The van der Waals surface area contributed by atoms with E-state index in [0.717, 1.165) is 5.56 Å². The summed E-state index contributed by atoms with van der Waals surface area (Å²) >= 11 is 22.9. The van der Waals surface area contributed by atoms with Crippen LogP contribution >= 0.6 is 47.0 Å². The normalized spacial score (nSPS) is 10.8. The van der Waals surface area contributed by atoms with Gasteiger partial charge in [-0.2, -0.15) is 0 Å². The number of carbonyl (C=O) groups is 1. The van der Waals surface area contributed by atoms with Gasteiger partial charge in [0.1, 0.15) is 11.5 Å². The van der Waals surface area contributed by atoms with Gasteiger partial charge in [-0.05, 0) is 72.9 Å². The molecule has 2 aromatic carbocycles. The van der Waals surface area contributed by atoms with E-state index in [4.69, 9.17) is 51.4 Å². The zero-order valence-corrected chi connectivity index (χ0v) is 17.3. The van der Waals surface area contributed by atoms with Gasteiger partial charge in [-0.15, -0.1) is 0 Å². The molecule has 2 N–H and O–H groups in total. The molecule has 0 atom stereocenters. The Balaban J connectivity index is 1.57. The molecule has 0 aliphatic carbocycles. The van der Waals surface area contributed by atoms with Crippen LogP contribution in [0.15, 0.2) is 65.1 Å². The molecule has 0 aliphatic heterocycles. The number of amides is 1. The maximum Gasteiger partial charge on any atom is 0.250 e. The Morgan fingerprint density at radius 1 is 0.964 bits per heavy atom. The summed E-state index contributed by atoms with van der Waals surface area (Å²) in [4.78, 5) is 12.0. The van der Waals surface area contributed by atoms with E-state index in [2.05, 4.69) is 10.6 Å². The van der Waals surface area contributed by atoms with Gasteiger partial charge in [-0.25, -0.2) is 0 Å². The summed E-state index contributed by atoms with van der Waals surface area (Å²) in [6.45, 7) is 0. The number of hydrogen-bond donors (Lipinski definition) is 2. The van der Waals surface area contributed by atoms with Gasteiger partial charge in [0.05, 0.1) is 10.7 Å². The summed E-state index contributed by atoms with van der Waals surface area (Å²) in [7, 11) is 0. The van der Waals surface area contributed by atoms with Crippen molar-refractivity contribution >= 4 is 69.8 Å².